The quantitative estimate of drug-likeness (QED) is 0.701. The molecule has 0 unspecified atom stereocenters. The zero-order valence-electron chi connectivity index (χ0n) is 17.4. The molecule has 156 valence electrons. The van der Waals surface area contributed by atoms with Crippen LogP contribution < -0.4 is 9.64 Å². The predicted octanol–water partition coefficient (Wildman–Crippen LogP) is 4.11. The summed E-state index contributed by atoms with van der Waals surface area (Å²) in [6.45, 7) is 9.15. The van der Waals surface area contributed by atoms with Gasteiger partial charge in [-0.1, -0.05) is 12.1 Å². The van der Waals surface area contributed by atoms with Crippen molar-refractivity contribution in [2.75, 3.05) is 37.7 Å². The van der Waals surface area contributed by atoms with Crippen LogP contribution >= 0.6 is 0 Å². The van der Waals surface area contributed by atoms with Gasteiger partial charge < -0.3 is 19.3 Å². The van der Waals surface area contributed by atoms with Crippen LogP contribution in [0.3, 0.4) is 0 Å². The first kappa shape index (κ1) is 21.1. The summed E-state index contributed by atoms with van der Waals surface area (Å²) >= 11 is 0. The Morgan fingerprint density at radius 1 is 1.10 bits per heavy atom. The topological polar surface area (TPSA) is 42.0 Å². The molecule has 0 saturated carbocycles. The molecule has 0 aliphatic carbocycles. The van der Waals surface area contributed by atoms with E-state index in [9.17, 15) is 9.18 Å². The molecular weight excluding hydrogens is 371 g/mol. The molecule has 1 heterocycles. The fourth-order valence-corrected chi connectivity index (χ4v) is 3.42. The number of benzene rings is 2. The average molecular weight is 400 g/mol. The molecule has 0 spiro atoms. The molecule has 29 heavy (non-hydrogen) atoms. The second-order valence-electron chi connectivity index (χ2n) is 7.35. The highest BCUT2D eigenvalue weighted by Crippen LogP contribution is 2.24. The lowest BCUT2D eigenvalue weighted by atomic mass is 10.1. The van der Waals surface area contributed by atoms with Crippen LogP contribution in [-0.4, -0.2) is 49.7 Å². The van der Waals surface area contributed by atoms with Crippen LogP contribution in [0.4, 0.5) is 10.1 Å². The van der Waals surface area contributed by atoms with E-state index in [-0.39, 0.29) is 17.8 Å². The molecule has 1 fully saturated rings. The van der Waals surface area contributed by atoms with Crippen LogP contribution in [0.25, 0.3) is 0 Å². The maximum atomic E-state index is 14.0. The Morgan fingerprint density at radius 2 is 1.83 bits per heavy atom. The van der Waals surface area contributed by atoms with Crippen molar-refractivity contribution >= 4 is 11.6 Å². The second-order valence-corrected chi connectivity index (χ2v) is 7.35. The largest absolute Gasteiger partial charge is 0.494 e. The Hall–Kier alpha value is -2.60. The third-order valence-electron chi connectivity index (χ3n) is 4.94. The number of halogens is 1. The van der Waals surface area contributed by atoms with Gasteiger partial charge in [0.15, 0.2) is 0 Å². The second kappa shape index (κ2) is 9.74. The smallest absolute Gasteiger partial charge is 0.253 e. The molecule has 1 aliphatic heterocycles. The van der Waals surface area contributed by atoms with E-state index in [0.717, 1.165) is 11.3 Å². The Morgan fingerprint density at radius 3 is 2.48 bits per heavy atom. The molecule has 2 aromatic carbocycles. The Balaban J connectivity index is 1.68. The molecule has 5 nitrogen and oxygen atoms in total. The van der Waals surface area contributed by atoms with Crippen LogP contribution in [0.5, 0.6) is 5.75 Å². The SMILES string of the molecule is CCOc1ccc(C(=O)N2CCN(c3ccccc3F)CC2)cc1COC(C)C. The van der Waals surface area contributed by atoms with E-state index < -0.39 is 0 Å². The normalized spacial score (nSPS) is 14.4. The molecule has 0 N–H and O–H groups in total. The minimum atomic E-state index is -0.228. The molecule has 1 aliphatic rings. The predicted molar refractivity (Wildman–Crippen MR) is 112 cm³/mol. The first-order valence-electron chi connectivity index (χ1n) is 10.2. The number of nitrogens with zero attached hydrogens (tertiary/aromatic N) is 2. The Labute approximate surface area is 172 Å². The molecule has 0 aromatic heterocycles. The zero-order chi connectivity index (χ0) is 20.8. The van der Waals surface area contributed by atoms with E-state index in [2.05, 4.69) is 0 Å². The maximum absolute atomic E-state index is 14.0. The van der Waals surface area contributed by atoms with Gasteiger partial charge in [0.25, 0.3) is 5.91 Å². The third kappa shape index (κ3) is 5.26. The molecule has 6 heteroatoms. The average Bonchev–Trinajstić information content (AvgIpc) is 2.73. The van der Waals surface area contributed by atoms with Crippen molar-refractivity contribution in [1.82, 2.24) is 4.90 Å². The molecule has 0 atom stereocenters. The standard InChI is InChI=1S/C23H29FN2O3/c1-4-28-22-10-9-18(15-19(22)16-29-17(2)3)23(27)26-13-11-25(12-14-26)21-8-6-5-7-20(21)24/h5-10,15,17H,4,11-14,16H2,1-3H3. The Kier molecular flexibility index (Phi) is 7.09. The number of amides is 1. The number of rotatable bonds is 7. The number of hydrogen-bond acceptors (Lipinski definition) is 4. The molecule has 0 bridgehead atoms. The number of carbonyl (C=O) groups excluding carboxylic acids is 1. The first-order chi connectivity index (χ1) is 14.0. The van der Waals surface area contributed by atoms with Gasteiger partial charge in [-0.3, -0.25) is 4.79 Å². The number of piperazine rings is 1. The summed E-state index contributed by atoms with van der Waals surface area (Å²) in [5, 5.41) is 0. The van der Waals surface area contributed by atoms with Gasteiger partial charge in [-0.15, -0.1) is 0 Å². The van der Waals surface area contributed by atoms with Crippen LogP contribution in [0.15, 0.2) is 42.5 Å². The molecule has 1 saturated heterocycles. The van der Waals surface area contributed by atoms with Crippen molar-refractivity contribution in [1.29, 1.82) is 0 Å². The summed E-state index contributed by atoms with van der Waals surface area (Å²) in [4.78, 5) is 16.8. The Bertz CT molecular complexity index is 833. The van der Waals surface area contributed by atoms with Gasteiger partial charge in [0, 0.05) is 37.3 Å². The number of para-hydroxylation sites is 1. The summed E-state index contributed by atoms with van der Waals surface area (Å²) in [6.07, 6.45) is 0.0929. The van der Waals surface area contributed by atoms with Gasteiger partial charge in [-0.2, -0.15) is 0 Å². The van der Waals surface area contributed by atoms with E-state index in [1.807, 2.05) is 48.8 Å². The zero-order valence-corrected chi connectivity index (χ0v) is 17.4. The number of hydrogen-bond donors (Lipinski definition) is 0. The van der Waals surface area contributed by atoms with Crippen molar-refractivity contribution in [3.63, 3.8) is 0 Å². The summed E-state index contributed by atoms with van der Waals surface area (Å²) in [7, 11) is 0. The minimum Gasteiger partial charge on any atom is -0.494 e. The van der Waals surface area contributed by atoms with E-state index in [4.69, 9.17) is 9.47 Å². The van der Waals surface area contributed by atoms with Crippen molar-refractivity contribution in [2.45, 2.75) is 33.5 Å². The van der Waals surface area contributed by atoms with Crippen molar-refractivity contribution in [3.8, 4) is 5.75 Å². The minimum absolute atomic E-state index is 0.0213. The van der Waals surface area contributed by atoms with Crippen molar-refractivity contribution in [3.05, 3.63) is 59.4 Å². The van der Waals surface area contributed by atoms with Crippen LogP contribution in [0, 0.1) is 5.82 Å². The lowest BCUT2D eigenvalue weighted by molar-refractivity contribution is 0.0639. The van der Waals surface area contributed by atoms with E-state index in [1.165, 1.54) is 6.07 Å². The summed E-state index contributed by atoms with van der Waals surface area (Å²) in [5.74, 6) is 0.495. The monoisotopic (exact) mass is 400 g/mol. The van der Waals surface area contributed by atoms with E-state index >= 15 is 0 Å². The van der Waals surface area contributed by atoms with Gasteiger partial charge in [-0.25, -0.2) is 4.39 Å². The molecular formula is C23H29FN2O3. The van der Waals surface area contributed by atoms with Gasteiger partial charge in [-0.05, 0) is 51.1 Å². The van der Waals surface area contributed by atoms with E-state index in [1.54, 1.807) is 18.2 Å². The number of anilines is 1. The highest BCUT2D eigenvalue weighted by molar-refractivity contribution is 5.94. The van der Waals surface area contributed by atoms with Crippen molar-refractivity contribution < 1.29 is 18.7 Å². The molecule has 1 amide bonds. The fraction of sp³-hybridized carbons (Fsp3) is 0.435. The lowest BCUT2D eigenvalue weighted by Gasteiger charge is -2.36. The molecule has 3 rings (SSSR count). The number of carbonyl (C=O) groups is 1. The number of ether oxygens (including phenoxy) is 2. The van der Waals surface area contributed by atoms with Gasteiger partial charge in [0.05, 0.1) is 25.0 Å². The molecule has 2 aromatic rings. The van der Waals surface area contributed by atoms with Crippen LogP contribution in [0.2, 0.25) is 0 Å². The van der Waals surface area contributed by atoms with Gasteiger partial charge in [0.2, 0.25) is 0 Å². The first-order valence-corrected chi connectivity index (χ1v) is 10.2. The molecule has 0 radical (unpaired) electrons. The van der Waals surface area contributed by atoms with Crippen LogP contribution in [0.1, 0.15) is 36.7 Å². The summed E-state index contributed by atoms with van der Waals surface area (Å²) < 4.78 is 25.4. The van der Waals surface area contributed by atoms with Crippen molar-refractivity contribution in [2.24, 2.45) is 0 Å². The van der Waals surface area contributed by atoms with Crippen LogP contribution in [-0.2, 0) is 11.3 Å². The van der Waals surface area contributed by atoms with E-state index in [0.29, 0.717) is 50.6 Å². The fourth-order valence-electron chi connectivity index (χ4n) is 3.42. The maximum Gasteiger partial charge on any atom is 0.253 e. The lowest BCUT2D eigenvalue weighted by Crippen LogP contribution is -2.49. The third-order valence-corrected chi connectivity index (χ3v) is 4.94. The summed E-state index contributed by atoms with van der Waals surface area (Å²) in [6, 6.07) is 12.3. The highest BCUT2D eigenvalue weighted by atomic mass is 19.1. The van der Waals surface area contributed by atoms with Gasteiger partial charge in [0.1, 0.15) is 11.6 Å². The highest BCUT2D eigenvalue weighted by Gasteiger charge is 2.24. The summed E-state index contributed by atoms with van der Waals surface area (Å²) in [5.41, 5.74) is 2.08. The van der Waals surface area contributed by atoms with Gasteiger partial charge >= 0.3 is 0 Å².